The Hall–Kier alpha value is -5.73. The summed E-state index contributed by atoms with van der Waals surface area (Å²) in [5, 5.41) is 40.1. The van der Waals surface area contributed by atoms with Crippen LogP contribution in [-0.2, 0) is 57.1 Å². The van der Waals surface area contributed by atoms with E-state index >= 15 is 9.59 Å². The van der Waals surface area contributed by atoms with Gasteiger partial charge in [0.2, 0.25) is 12.0 Å². The molecule has 388 valence electrons. The van der Waals surface area contributed by atoms with Crippen molar-refractivity contribution in [2.75, 3.05) is 26.9 Å². The molecule has 4 aliphatic rings. The van der Waals surface area contributed by atoms with Gasteiger partial charge in [0, 0.05) is 38.7 Å². The first-order chi connectivity index (χ1) is 33.2. The van der Waals surface area contributed by atoms with Gasteiger partial charge in [0.15, 0.2) is 11.4 Å². The topological polar surface area (TPSA) is 269 Å². The van der Waals surface area contributed by atoms with Crippen LogP contribution < -0.4 is 10.6 Å². The summed E-state index contributed by atoms with van der Waals surface area (Å²) in [6, 6.07) is 14.4. The van der Waals surface area contributed by atoms with Crippen molar-refractivity contribution in [3.8, 4) is 0 Å². The van der Waals surface area contributed by atoms with Crippen LogP contribution in [0.15, 0.2) is 71.8 Å². The Morgan fingerprint density at radius 3 is 2.14 bits per heavy atom. The van der Waals surface area contributed by atoms with Crippen molar-refractivity contribution in [2.45, 2.75) is 147 Å². The normalized spacial score (nSPS) is 30.0. The van der Waals surface area contributed by atoms with E-state index < -0.39 is 143 Å². The molecule has 71 heavy (non-hydrogen) atoms. The number of alkyl carbamates (subject to hydrolysis) is 1. The zero-order chi connectivity index (χ0) is 52.4. The maximum atomic E-state index is 15.8. The van der Waals surface area contributed by atoms with Gasteiger partial charge in [-0.2, -0.15) is 0 Å². The van der Waals surface area contributed by atoms with E-state index in [-0.39, 0.29) is 48.1 Å². The lowest BCUT2D eigenvalue weighted by atomic mass is 9.43. The van der Waals surface area contributed by atoms with Crippen molar-refractivity contribution in [1.29, 1.82) is 0 Å². The van der Waals surface area contributed by atoms with Crippen LogP contribution in [0.5, 0.6) is 0 Å². The van der Waals surface area contributed by atoms with Gasteiger partial charge in [-0.15, -0.1) is 0 Å². The number of hydrogen-bond acceptors (Lipinski definition) is 17. The maximum Gasteiger partial charge on any atom is 0.408 e. The summed E-state index contributed by atoms with van der Waals surface area (Å²) in [6.45, 7) is 12.1. The summed E-state index contributed by atoms with van der Waals surface area (Å²) in [5.41, 5.74) is -7.72. The molecule has 6 rings (SSSR count). The molecule has 0 aromatic heterocycles. The molecule has 0 radical (unpaired) electrons. The maximum absolute atomic E-state index is 15.8. The lowest BCUT2D eigenvalue weighted by Gasteiger charge is -2.68. The fourth-order valence-corrected chi connectivity index (χ4v) is 11.2. The number of methoxy groups -OCH3 is 1. The molecular formula is C52H68N2O17. The number of ketones is 1. The van der Waals surface area contributed by atoms with Gasteiger partial charge in [-0.25, -0.2) is 14.4 Å². The fourth-order valence-electron chi connectivity index (χ4n) is 11.2. The zero-order valence-corrected chi connectivity index (χ0v) is 42.0. The standard InChI is InChI=1S/C52H68N2O17/c1-28(56)21-22-37(58)53-25-38(59)68-41(40(31-17-13-11-14-18-31)54-47(63)71-48(4,5)6)46(62)67-34-24-52(64)44(69-45(61)32-19-15-12-16-20-32)42-50(9,43(60)33(26-55)39(29(34)2)49(52,7)8)35(65-10)23-36-51(42,27-66-36)70-30(3)57/h11-20,28,33-36,40-42,44,55-56,64H,21-27H2,1-10H3,(H,53,58)(H,54,63)/t28?,33-,34+,35+,36-,40+,41-,42+,44+,50-,51+,52-/m1/s1. The summed E-state index contributed by atoms with van der Waals surface area (Å²) < 4.78 is 42.5. The number of benzene rings is 2. The predicted octanol–water partition coefficient (Wildman–Crippen LogP) is 3.99. The number of nitrogens with one attached hydrogen (secondary N) is 2. The summed E-state index contributed by atoms with van der Waals surface area (Å²) in [7, 11) is 1.39. The van der Waals surface area contributed by atoms with Crippen molar-refractivity contribution in [2.24, 2.45) is 22.7 Å². The van der Waals surface area contributed by atoms with Gasteiger partial charge in [-0.05, 0) is 76.8 Å². The van der Waals surface area contributed by atoms with E-state index in [2.05, 4.69) is 10.6 Å². The number of carbonyl (C=O) groups is 7. The Morgan fingerprint density at radius 1 is 0.958 bits per heavy atom. The smallest absolute Gasteiger partial charge is 0.408 e. The highest BCUT2D eigenvalue weighted by atomic mass is 16.6. The van der Waals surface area contributed by atoms with E-state index in [0.29, 0.717) is 0 Å². The van der Waals surface area contributed by atoms with E-state index in [1.54, 1.807) is 97.0 Å². The van der Waals surface area contributed by atoms with Crippen LogP contribution in [0.25, 0.3) is 0 Å². The first kappa shape index (κ1) is 54.6. The second-order valence-corrected chi connectivity index (χ2v) is 20.7. The molecular weight excluding hydrogens is 925 g/mol. The molecule has 19 nitrogen and oxygen atoms in total. The van der Waals surface area contributed by atoms with Crippen LogP contribution >= 0.6 is 0 Å². The molecule has 12 atom stereocenters. The van der Waals surface area contributed by atoms with Crippen LogP contribution in [0, 0.1) is 22.7 Å². The summed E-state index contributed by atoms with van der Waals surface area (Å²) in [4.78, 5) is 98.4. The third-order valence-electron chi connectivity index (χ3n) is 14.6. The minimum Gasteiger partial charge on any atom is -0.455 e. The molecule has 2 bridgehead atoms. The Morgan fingerprint density at radius 2 is 1.59 bits per heavy atom. The first-order valence-electron chi connectivity index (χ1n) is 23.8. The van der Waals surface area contributed by atoms with Gasteiger partial charge in [-0.1, -0.05) is 62.4 Å². The molecule has 1 aliphatic heterocycles. The zero-order valence-electron chi connectivity index (χ0n) is 42.0. The summed E-state index contributed by atoms with van der Waals surface area (Å²) >= 11 is 0. The third-order valence-corrected chi connectivity index (χ3v) is 14.6. The average Bonchev–Trinajstić information content (AvgIpc) is 3.29. The highest BCUT2D eigenvalue weighted by Gasteiger charge is 2.78. The molecule has 5 N–H and O–H groups in total. The van der Waals surface area contributed by atoms with Gasteiger partial charge < -0.3 is 59.1 Å². The van der Waals surface area contributed by atoms with Gasteiger partial charge in [0.25, 0.3) is 0 Å². The van der Waals surface area contributed by atoms with E-state index in [9.17, 15) is 39.3 Å². The van der Waals surface area contributed by atoms with E-state index in [4.69, 9.17) is 33.2 Å². The number of carbonyl (C=O) groups excluding carboxylic acids is 7. The van der Waals surface area contributed by atoms with Gasteiger partial charge in [0.1, 0.15) is 42.1 Å². The molecule has 1 heterocycles. The van der Waals surface area contributed by atoms with E-state index in [0.717, 1.165) is 0 Å². The quantitative estimate of drug-likeness (QED) is 0.0904. The molecule has 2 saturated carbocycles. The van der Waals surface area contributed by atoms with Crippen LogP contribution in [0.2, 0.25) is 0 Å². The molecule has 2 aromatic rings. The Balaban J connectivity index is 1.52. The number of ether oxygens (including phenoxy) is 7. The molecule has 0 spiro atoms. The number of aliphatic hydroxyl groups is 3. The minimum absolute atomic E-state index is 0.0473. The van der Waals surface area contributed by atoms with Crippen molar-refractivity contribution >= 4 is 41.7 Å². The third kappa shape index (κ3) is 10.7. The Labute approximate surface area is 413 Å². The second kappa shape index (κ2) is 21.2. The summed E-state index contributed by atoms with van der Waals surface area (Å²) in [5.74, 6) is -8.07. The van der Waals surface area contributed by atoms with Crippen molar-refractivity contribution < 1.29 is 82.0 Å². The van der Waals surface area contributed by atoms with E-state index in [1.165, 1.54) is 33.1 Å². The van der Waals surface area contributed by atoms with E-state index in [1.807, 2.05) is 0 Å². The highest BCUT2D eigenvalue weighted by Crippen LogP contribution is 2.65. The summed E-state index contributed by atoms with van der Waals surface area (Å²) in [6.07, 6.45) is -9.55. The molecule has 19 heteroatoms. The largest absolute Gasteiger partial charge is 0.455 e. The second-order valence-electron chi connectivity index (χ2n) is 20.7. The number of Topliss-reactive ketones (excluding diaryl/α,β-unsaturated/α-hetero) is 1. The monoisotopic (exact) mass is 992 g/mol. The van der Waals surface area contributed by atoms with Crippen LogP contribution in [-0.4, -0.2) is 137 Å². The lowest BCUT2D eigenvalue weighted by molar-refractivity contribution is -0.347. The van der Waals surface area contributed by atoms with Crippen molar-refractivity contribution in [3.05, 3.63) is 82.9 Å². The molecule has 2 aromatic carbocycles. The number of hydrogen-bond donors (Lipinski definition) is 5. The lowest BCUT2D eigenvalue weighted by Crippen LogP contribution is -2.81. The average molecular weight is 993 g/mol. The molecule has 1 saturated heterocycles. The molecule has 3 fully saturated rings. The van der Waals surface area contributed by atoms with Crippen LogP contribution in [0.3, 0.4) is 0 Å². The Bertz CT molecular complexity index is 2360. The van der Waals surface area contributed by atoms with Gasteiger partial charge in [-0.3, -0.25) is 19.2 Å². The van der Waals surface area contributed by atoms with Crippen LogP contribution in [0.1, 0.15) is 110 Å². The SMILES string of the molecule is CO[C@H]1C[C@H]2OC[C@@]2(OC(C)=O)[C@H]2[C@H](OC(=O)c3ccccc3)[C@]3(O)C[C@H](OC(=O)[C@H](OC(=O)CNC(=O)CCC(C)O)[C@@H](NC(=O)OC(C)(C)C)c4ccccc4)C(C)=C([C@@H](CO)C(=O)[C@]12C)C3(C)C. The minimum atomic E-state index is -2.36. The van der Waals surface area contributed by atoms with Crippen molar-refractivity contribution in [1.82, 2.24) is 10.6 Å². The number of aliphatic hydroxyl groups excluding tert-OH is 2. The number of amides is 2. The molecule has 2 amide bonds. The molecule has 3 aliphatic carbocycles. The first-order valence-corrected chi connectivity index (χ1v) is 23.8. The predicted molar refractivity (Wildman–Crippen MR) is 251 cm³/mol. The van der Waals surface area contributed by atoms with Crippen LogP contribution in [0.4, 0.5) is 4.79 Å². The highest BCUT2D eigenvalue weighted by molar-refractivity contribution is 5.93. The number of fused-ring (bicyclic) bond motifs is 5. The molecule has 1 unspecified atom stereocenters. The van der Waals surface area contributed by atoms with Gasteiger partial charge in [0.05, 0.1) is 48.2 Å². The van der Waals surface area contributed by atoms with Gasteiger partial charge >= 0.3 is 30.0 Å². The fraction of sp³-hybridized carbons (Fsp3) is 0.596. The Kier molecular flexibility index (Phi) is 16.3. The number of rotatable bonds is 16. The number of esters is 4. The van der Waals surface area contributed by atoms with Crippen molar-refractivity contribution in [3.63, 3.8) is 0 Å².